The summed E-state index contributed by atoms with van der Waals surface area (Å²) in [6, 6.07) is 3.86. The number of aliphatic hydroxyl groups is 1. The summed E-state index contributed by atoms with van der Waals surface area (Å²) in [7, 11) is 0. The van der Waals surface area contributed by atoms with Crippen molar-refractivity contribution in [1.82, 2.24) is 0 Å². The fourth-order valence-electron chi connectivity index (χ4n) is 0.529. The van der Waals surface area contributed by atoms with Crippen molar-refractivity contribution in [3.63, 3.8) is 0 Å². The van der Waals surface area contributed by atoms with Gasteiger partial charge in [-0.15, -0.1) is 11.3 Å². The Labute approximate surface area is 66.3 Å². The Bertz CT molecular complexity index is 144. The molecule has 0 aromatic carbocycles. The molecule has 1 aromatic heterocycles. The number of aliphatic hydroxyl groups excluding tert-OH is 1. The molecule has 0 radical (unpaired) electrons. The second-order valence-electron chi connectivity index (χ2n) is 1.69. The topological polar surface area (TPSA) is 20.2 Å². The van der Waals surface area contributed by atoms with E-state index in [4.69, 9.17) is 5.11 Å². The Kier molecular flexibility index (Phi) is 5.26. The van der Waals surface area contributed by atoms with Gasteiger partial charge < -0.3 is 5.11 Å². The molecule has 1 aromatic rings. The van der Waals surface area contributed by atoms with Gasteiger partial charge in [-0.1, -0.05) is 19.9 Å². The van der Waals surface area contributed by atoms with Crippen LogP contribution in [0.5, 0.6) is 0 Å². The molecule has 0 saturated carbocycles. The molecule has 0 amide bonds. The summed E-state index contributed by atoms with van der Waals surface area (Å²) in [5.74, 6) is 0. The van der Waals surface area contributed by atoms with Crippen molar-refractivity contribution in [2.45, 2.75) is 26.9 Å². The second kappa shape index (κ2) is 5.45. The van der Waals surface area contributed by atoms with Crippen LogP contribution in [-0.4, -0.2) is 5.11 Å². The van der Waals surface area contributed by atoms with E-state index in [-0.39, 0.29) is 6.10 Å². The zero-order chi connectivity index (χ0) is 7.98. The van der Waals surface area contributed by atoms with E-state index in [1.807, 2.05) is 31.4 Å². The molecule has 0 spiro atoms. The first-order valence-electron chi connectivity index (χ1n) is 3.52. The summed E-state index contributed by atoms with van der Waals surface area (Å²) in [5, 5.41) is 10.9. The summed E-state index contributed by atoms with van der Waals surface area (Å²) in [4.78, 5) is 1.03. The lowest BCUT2D eigenvalue weighted by molar-refractivity contribution is 0.203. The molecular formula is C8H14OS. The van der Waals surface area contributed by atoms with E-state index >= 15 is 0 Å². The maximum absolute atomic E-state index is 8.92. The van der Waals surface area contributed by atoms with Crippen LogP contribution in [-0.2, 0) is 0 Å². The van der Waals surface area contributed by atoms with Gasteiger partial charge in [-0.05, 0) is 18.4 Å². The molecule has 0 unspecified atom stereocenters. The lowest BCUT2D eigenvalue weighted by Crippen LogP contribution is -1.82. The van der Waals surface area contributed by atoms with Crippen molar-refractivity contribution >= 4 is 11.3 Å². The van der Waals surface area contributed by atoms with Crippen LogP contribution in [0, 0.1) is 0 Å². The molecule has 1 atom stereocenters. The van der Waals surface area contributed by atoms with Gasteiger partial charge in [-0.25, -0.2) is 0 Å². The highest BCUT2D eigenvalue weighted by Crippen LogP contribution is 2.16. The average Bonchev–Trinajstić information content (AvgIpc) is 2.42. The van der Waals surface area contributed by atoms with E-state index in [0.717, 1.165) is 4.88 Å². The van der Waals surface area contributed by atoms with Crippen LogP contribution in [0.1, 0.15) is 31.8 Å². The molecule has 0 aliphatic rings. The molecule has 1 nitrogen and oxygen atoms in total. The van der Waals surface area contributed by atoms with Crippen LogP contribution in [0.15, 0.2) is 17.5 Å². The molecule has 0 bridgehead atoms. The van der Waals surface area contributed by atoms with Gasteiger partial charge in [0.05, 0.1) is 6.10 Å². The molecule has 0 aliphatic heterocycles. The summed E-state index contributed by atoms with van der Waals surface area (Å²) in [6.07, 6.45) is -0.296. The van der Waals surface area contributed by atoms with Gasteiger partial charge in [-0.2, -0.15) is 0 Å². The fourth-order valence-corrected chi connectivity index (χ4v) is 1.20. The van der Waals surface area contributed by atoms with E-state index in [0.29, 0.717) is 0 Å². The van der Waals surface area contributed by atoms with Gasteiger partial charge in [0, 0.05) is 4.88 Å². The molecule has 0 aliphatic carbocycles. The summed E-state index contributed by atoms with van der Waals surface area (Å²) < 4.78 is 0. The zero-order valence-electron chi connectivity index (χ0n) is 6.66. The molecule has 10 heavy (non-hydrogen) atoms. The third kappa shape index (κ3) is 2.99. The molecule has 1 N–H and O–H groups in total. The maximum atomic E-state index is 8.92. The van der Waals surface area contributed by atoms with Crippen LogP contribution >= 0.6 is 11.3 Å². The van der Waals surface area contributed by atoms with E-state index in [9.17, 15) is 0 Å². The highest BCUT2D eigenvalue weighted by molar-refractivity contribution is 7.10. The van der Waals surface area contributed by atoms with E-state index in [1.54, 1.807) is 18.3 Å². The molecule has 1 heterocycles. The Morgan fingerprint density at radius 1 is 1.50 bits per heavy atom. The van der Waals surface area contributed by atoms with Gasteiger partial charge in [-0.3, -0.25) is 0 Å². The Hall–Kier alpha value is -0.340. The van der Waals surface area contributed by atoms with Gasteiger partial charge in [0.15, 0.2) is 0 Å². The van der Waals surface area contributed by atoms with Gasteiger partial charge in [0.25, 0.3) is 0 Å². The molecule has 0 saturated heterocycles. The predicted molar refractivity (Wildman–Crippen MR) is 46.3 cm³/mol. The fraction of sp³-hybridized carbons (Fsp3) is 0.500. The van der Waals surface area contributed by atoms with Crippen molar-refractivity contribution < 1.29 is 5.11 Å². The van der Waals surface area contributed by atoms with E-state index in [2.05, 4.69) is 0 Å². The highest BCUT2D eigenvalue weighted by atomic mass is 32.1. The minimum absolute atomic E-state index is 0.296. The Balaban J connectivity index is 0.000000371. The standard InChI is InChI=1S/C6H8OS.C2H6/c1-5(7)6-3-2-4-8-6;1-2/h2-5,7H,1H3;1-2H3/t5-;/m1./s1. The molecular weight excluding hydrogens is 144 g/mol. The van der Waals surface area contributed by atoms with Crippen LogP contribution in [0.3, 0.4) is 0 Å². The Morgan fingerprint density at radius 2 is 2.10 bits per heavy atom. The third-order valence-electron chi connectivity index (χ3n) is 0.955. The summed E-state index contributed by atoms with van der Waals surface area (Å²) >= 11 is 1.58. The highest BCUT2D eigenvalue weighted by Gasteiger charge is 1.97. The monoisotopic (exact) mass is 158 g/mol. The lowest BCUT2D eigenvalue weighted by Gasteiger charge is -1.95. The second-order valence-corrected chi connectivity index (χ2v) is 2.67. The number of thiophene rings is 1. The van der Waals surface area contributed by atoms with E-state index < -0.39 is 0 Å². The van der Waals surface area contributed by atoms with Crippen LogP contribution in [0.2, 0.25) is 0 Å². The van der Waals surface area contributed by atoms with Crippen molar-refractivity contribution in [2.75, 3.05) is 0 Å². The minimum atomic E-state index is -0.296. The number of rotatable bonds is 1. The van der Waals surface area contributed by atoms with E-state index in [1.165, 1.54) is 0 Å². The van der Waals surface area contributed by atoms with Crippen molar-refractivity contribution in [1.29, 1.82) is 0 Å². The molecule has 0 fully saturated rings. The lowest BCUT2D eigenvalue weighted by atomic mass is 10.3. The SMILES string of the molecule is CC.C[C@@H](O)c1cccs1. The van der Waals surface area contributed by atoms with Crippen molar-refractivity contribution in [3.8, 4) is 0 Å². The minimum Gasteiger partial charge on any atom is -0.388 e. The average molecular weight is 158 g/mol. The zero-order valence-corrected chi connectivity index (χ0v) is 7.48. The maximum Gasteiger partial charge on any atom is 0.0853 e. The van der Waals surface area contributed by atoms with Gasteiger partial charge in [0.1, 0.15) is 0 Å². The first kappa shape index (κ1) is 9.66. The largest absolute Gasteiger partial charge is 0.388 e. The first-order valence-corrected chi connectivity index (χ1v) is 4.40. The summed E-state index contributed by atoms with van der Waals surface area (Å²) in [5.41, 5.74) is 0. The van der Waals surface area contributed by atoms with Gasteiger partial charge in [0.2, 0.25) is 0 Å². The number of hydrogen-bond donors (Lipinski definition) is 1. The predicted octanol–water partition coefficient (Wildman–Crippen LogP) is 2.83. The summed E-state index contributed by atoms with van der Waals surface area (Å²) in [6.45, 7) is 5.77. The van der Waals surface area contributed by atoms with Crippen LogP contribution in [0.4, 0.5) is 0 Å². The van der Waals surface area contributed by atoms with Gasteiger partial charge >= 0.3 is 0 Å². The molecule has 58 valence electrons. The van der Waals surface area contributed by atoms with Crippen molar-refractivity contribution in [2.24, 2.45) is 0 Å². The third-order valence-corrected chi connectivity index (χ3v) is 2.00. The van der Waals surface area contributed by atoms with Crippen LogP contribution in [0.25, 0.3) is 0 Å². The normalized spacial score (nSPS) is 11.6. The van der Waals surface area contributed by atoms with Crippen LogP contribution < -0.4 is 0 Å². The number of hydrogen-bond acceptors (Lipinski definition) is 2. The quantitative estimate of drug-likeness (QED) is 0.666. The first-order chi connectivity index (χ1) is 4.80. The molecule has 2 heteroatoms. The molecule has 1 rings (SSSR count). The smallest absolute Gasteiger partial charge is 0.0853 e. The Morgan fingerprint density at radius 3 is 2.30 bits per heavy atom. The van der Waals surface area contributed by atoms with Crippen molar-refractivity contribution in [3.05, 3.63) is 22.4 Å².